The van der Waals surface area contributed by atoms with Gasteiger partial charge >= 0.3 is 0 Å². The zero-order valence-corrected chi connectivity index (χ0v) is 12.3. The van der Waals surface area contributed by atoms with Gasteiger partial charge in [0.25, 0.3) is 10.9 Å². The number of aromatic nitrogens is 2. The highest BCUT2D eigenvalue weighted by Crippen LogP contribution is 2.26. The van der Waals surface area contributed by atoms with Crippen LogP contribution in [0.2, 0.25) is 5.35 Å². The molecule has 0 bridgehead atoms. The predicted molar refractivity (Wildman–Crippen MR) is 82.0 cm³/mol. The van der Waals surface area contributed by atoms with Crippen LogP contribution < -0.4 is 5.56 Å². The SMILES string of the molecule is Cc1cccn(-c2cc(-c3cnc(Cl)o3)ccc2C#N)c1=O. The van der Waals surface area contributed by atoms with E-state index in [0.717, 1.165) is 0 Å². The zero-order chi connectivity index (χ0) is 15.7. The zero-order valence-electron chi connectivity index (χ0n) is 11.6. The summed E-state index contributed by atoms with van der Waals surface area (Å²) in [6.45, 7) is 1.73. The molecule has 0 fully saturated rings. The van der Waals surface area contributed by atoms with Crippen LogP contribution in [0.3, 0.4) is 0 Å². The maximum Gasteiger partial charge on any atom is 0.292 e. The maximum atomic E-state index is 12.3. The van der Waals surface area contributed by atoms with Crippen LogP contribution in [0.5, 0.6) is 0 Å². The molecule has 108 valence electrons. The quantitative estimate of drug-likeness (QED) is 0.727. The second-order valence-electron chi connectivity index (χ2n) is 4.69. The van der Waals surface area contributed by atoms with E-state index >= 15 is 0 Å². The molecule has 0 N–H and O–H groups in total. The van der Waals surface area contributed by atoms with Crippen molar-refractivity contribution in [2.24, 2.45) is 0 Å². The van der Waals surface area contributed by atoms with Crippen molar-refractivity contribution in [1.29, 1.82) is 5.26 Å². The lowest BCUT2D eigenvalue weighted by molar-refractivity contribution is 0.574. The highest BCUT2D eigenvalue weighted by atomic mass is 35.5. The average molecular weight is 312 g/mol. The molecule has 1 aromatic carbocycles. The Morgan fingerprint density at radius 3 is 2.86 bits per heavy atom. The Hall–Kier alpha value is -2.84. The first-order chi connectivity index (χ1) is 10.6. The minimum atomic E-state index is -0.174. The van der Waals surface area contributed by atoms with Crippen molar-refractivity contribution in [2.75, 3.05) is 0 Å². The van der Waals surface area contributed by atoms with Crippen molar-refractivity contribution in [3.05, 3.63) is 69.6 Å². The molecular formula is C16H10ClN3O2. The van der Waals surface area contributed by atoms with Crippen molar-refractivity contribution in [1.82, 2.24) is 9.55 Å². The number of rotatable bonds is 2. The molecule has 0 aliphatic heterocycles. The number of oxazole rings is 1. The Kier molecular flexibility index (Phi) is 3.53. The van der Waals surface area contributed by atoms with Crippen molar-refractivity contribution >= 4 is 11.6 Å². The van der Waals surface area contributed by atoms with E-state index in [-0.39, 0.29) is 10.9 Å². The molecule has 0 atom stereocenters. The molecule has 3 aromatic rings. The van der Waals surface area contributed by atoms with Gasteiger partial charge in [-0.15, -0.1) is 0 Å². The molecule has 6 heteroatoms. The summed E-state index contributed by atoms with van der Waals surface area (Å²) in [6, 6.07) is 10.6. The van der Waals surface area contributed by atoms with Crippen LogP contribution in [0.4, 0.5) is 0 Å². The standard InChI is InChI=1S/C16H10ClN3O2/c1-10-3-2-6-20(15(10)21)13-7-11(4-5-12(13)8-18)14-9-19-16(17)22-14/h2-7,9H,1H3. The minimum Gasteiger partial charge on any atom is -0.428 e. The molecular weight excluding hydrogens is 302 g/mol. The van der Waals surface area contributed by atoms with Crippen LogP contribution in [-0.2, 0) is 0 Å². The molecule has 0 saturated heterocycles. The molecule has 0 radical (unpaired) electrons. The van der Waals surface area contributed by atoms with E-state index in [9.17, 15) is 10.1 Å². The summed E-state index contributed by atoms with van der Waals surface area (Å²) in [4.78, 5) is 16.1. The van der Waals surface area contributed by atoms with Crippen molar-refractivity contribution in [3.8, 4) is 23.1 Å². The fourth-order valence-corrected chi connectivity index (χ4v) is 2.29. The van der Waals surface area contributed by atoms with E-state index in [4.69, 9.17) is 16.0 Å². The van der Waals surface area contributed by atoms with Gasteiger partial charge in [-0.3, -0.25) is 9.36 Å². The highest BCUT2D eigenvalue weighted by molar-refractivity contribution is 6.27. The van der Waals surface area contributed by atoms with Gasteiger partial charge in [0.1, 0.15) is 6.07 Å². The molecule has 3 rings (SSSR count). The average Bonchev–Trinajstić information content (AvgIpc) is 2.96. The molecule has 5 nitrogen and oxygen atoms in total. The van der Waals surface area contributed by atoms with Crippen LogP contribution in [0, 0.1) is 18.3 Å². The van der Waals surface area contributed by atoms with Crippen LogP contribution >= 0.6 is 11.6 Å². The van der Waals surface area contributed by atoms with Crippen molar-refractivity contribution < 1.29 is 4.42 Å². The summed E-state index contributed by atoms with van der Waals surface area (Å²) < 4.78 is 6.71. The van der Waals surface area contributed by atoms with Crippen LogP contribution in [-0.4, -0.2) is 9.55 Å². The lowest BCUT2D eigenvalue weighted by Gasteiger charge is -2.09. The van der Waals surface area contributed by atoms with Gasteiger partial charge in [-0.25, -0.2) is 4.98 Å². The molecule has 2 aromatic heterocycles. The number of aryl methyl sites for hydroxylation is 1. The normalized spacial score (nSPS) is 10.4. The van der Waals surface area contributed by atoms with Gasteiger partial charge in [-0.2, -0.15) is 5.26 Å². The van der Waals surface area contributed by atoms with E-state index in [1.165, 1.54) is 10.8 Å². The molecule has 22 heavy (non-hydrogen) atoms. The number of hydrogen-bond acceptors (Lipinski definition) is 4. The van der Waals surface area contributed by atoms with Crippen LogP contribution in [0.25, 0.3) is 17.0 Å². The van der Waals surface area contributed by atoms with Gasteiger partial charge in [0, 0.05) is 17.3 Å². The summed E-state index contributed by atoms with van der Waals surface area (Å²) in [5.74, 6) is 0.469. The van der Waals surface area contributed by atoms with Crippen LogP contribution in [0.1, 0.15) is 11.1 Å². The van der Waals surface area contributed by atoms with E-state index in [2.05, 4.69) is 11.1 Å². The van der Waals surface area contributed by atoms with Crippen LogP contribution in [0.15, 0.2) is 51.9 Å². The lowest BCUT2D eigenvalue weighted by atomic mass is 10.1. The second-order valence-corrected chi connectivity index (χ2v) is 5.01. The van der Waals surface area contributed by atoms with Crippen molar-refractivity contribution in [2.45, 2.75) is 6.92 Å². The third kappa shape index (κ3) is 2.41. The van der Waals surface area contributed by atoms with Gasteiger partial charge < -0.3 is 4.42 Å². The van der Waals surface area contributed by atoms with E-state index in [1.54, 1.807) is 43.5 Å². The number of benzene rings is 1. The first-order valence-electron chi connectivity index (χ1n) is 6.44. The highest BCUT2D eigenvalue weighted by Gasteiger charge is 2.12. The smallest absolute Gasteiger partial charge is 0.292 e. The largest absolute Gasteiger partial charge is 0.428 e. The lowest BCUT2D eigenvalue weighted by Crippen LogP contribution is -2.20. The first kappa shape index (κ1) is 14.1. The molecule has 0 aliphatic carbocycles. The van der Waals surface area contributed by atoms with Gasteiger partial charge in [0.15, 0.2) is 5.76 Å². The molecule has 2 heterocycles. The maximum absolute atomic E-state index is 12.3. The second kappa shape index (κ2) is 5.51. The Morgan fingerprint density at radius 2 is 2.18 bits per heavy atom. The summed E-state index contributed by atoms with van der Waals surface area (Å²) in [5, 5.41) is 9.32. The number of nitriles is 1. The van der Waals surface area contributed by atoms with Gasteiger partial charge in [0.05, 0.1) is 17.4 Å². The van der Waals surface area contributed by atoms with Gasteiger partial charge in [-0.05, 0) is 42.8 Å². The third-order valence-electron chi connectivity index (χ3n) is 3.28. The Labute approximate surface area is 131 Å². The molecule has 0 aliphatic rings. The first-order valence-corrected chi connectivity index (χ1v) is 6.82. The third-order valence-corrected chi connectivity index (χ3v) is 3.45. The van der Waals surface area contributed by atoms with E-state index in [1.807, 2.05) is 0 Å². The monoisotopic (exact) mass is 311 g/mol. The minimum absolute atomic E-state index is 0.0358. The summed E-state index contributed by atoms with van der Waals surface area (Å²) >= 11 is 5.69. The predicted octanol–water partition coefficient (Wildman–Crippen LogP) is 3.33. The Morgan fingerprint density at radius 1 is 1.36 bits per heavy atom. The summed E-state index contributed by atoms with van der Waals surface area (Å²) in [5.41, 5.74) is 1.98. The summed E-state index contributed by atoms with van der Waals surface area (Å²) in [7, 11) is 0. The Balaban J connectivity index is 2.24. The molecule has 0 spiro atoms. The summed E-state index contributed by atoms with van der Waals surface area (Å²) in [6.07, 6.45) is 3.12. The topological polar surface area (TPSA) is 71.8 Å². The van der Waals surface area contributed by atoms with Crippen molar-refractivity contribution in [3.63, 3.8) is 0 Å². The molecule has 0 saturated carbocycles. The molecule has 0 unspecified atom stereocenters. The fraction of sp³-hybridized carbons (Fsp3) is 0.0625. The van der Waals surface area contributed by atoms with Gasteiger partial charge in [-0.1, -0.05) is 6.07 Å². The molecule has 0 amide bonds. The number of hydrogen-bond donors (Lipinski definition) is 0. The van der Waals surface area contributed by atoms with E-state index < -0.39 is 0 Å². The van der Waals surface area contributed by atoms with E-state index in [0.29, 0.717) is 28.1 Å². The Bertz CT molecular complexity index is 951. The number of nitrogens with zero attached hydrogens (tertiary/aromatic N) is 3. The number of pyridine rings is 1. The number of halogens is 1. The van der Waals surface area contributed by atoms with Gasteiger partial charge in [0.2, 0.25) is 0 Å². The fourth-order valence-electron chi connectivity index (χ4n) is 2.16.